The van der Waals surface area contributed by atoms with Crippen LogP contribution in [-0.4, -0.2) is 22.8 Å². The molecule has 0 atom stereocenters. The number of pyridine rings is 1. The summed E-state index contributed by atoms with van der Waals surface area (Å²) < 4.78 is 5.73. The summed E-state index contributed by atoms with van der Waals surface area (Å²) in [6.45, 7) is 3.74. The normalized spacial score (nSPS) is 10.4. The van der Waals surface area contributed by atoms with Crippen molar-refractivity contribution in [2.75, 3.05) is 5.32 Å². The van der Waals surface area contributed by atoms with Crippen LogP contribution in [0, 0.1) is 0 Å². The third-order valence-corrected chi connectivity index (χ3v) is 3.77. The summed E-state index contributed by atoms with van der Waals surface area (Å²) in [6, 6.07) is 18.0. The number of nitrogens with one attached hydrogen (secondary N) is 2. The number of aromatic nitrogens is 1. The maximum Gasteiger partial charge on any atom is 0.257 e. The van der Waals surface area contributed by atoms with E-state index in [1.54, 1.807) is 24.3 Å². The molecule has 0 aliphatic carbocycles. The van der Waals surface area contributed by atoms with E-state index in [0.717, 1.165) is 5.75 Å². The predicted octanol–water partition coefficient (Wildman–Crippen LogP) is 4.26. The molecule has 1 heterocycles. The van der Waals surface area contributed by atoms with Crippen LogP contribution >= 0.6 is 0 Å². The van der Waals surface area contributed by atoms with Gasteiger partial charge in [0.15, 0.2) is 0 Å². The average Bonchev–Trinajstić information content (AvgIpc) is 2.70. The van der Waals surface area contributed by atoms with Crippen LogP contribution in [0.3, 0.4) is 0 Å². The Bertz CT molecular complexity index is 954. The zero-order chi connectivity index (χ0) is 19.9. The van der Waals surface area contributed by atoms with E-state index < -0.39 is 0 Å². The third-order valence-electron chi connectivity index (χ3n) is 3.77. The first-order valence-corrected chi connectivity index (χ1v) is 8.91. The summed E-state index contributed by atoms with van der Waals surface area (Å²) >= 11 is 0. The number of para-hydroxylation sites is 1. The minimum Gasteiger partial charge on any atom is -0.457 e. The van der Waals surface area contributed by atoms with E-state index >= 15 is 0 Å². The van der Waals surface area contributed by atoms with Gasteiger partial charge in [0.1, 0.15) is 11.5 Å². The van der Waals surface area contributed by atoms with Gasteiger partial charge in [-0.1, -0.05) is 18.2 Å². The Balaban J connectivity index is 1.65. The lowest BCUT2D eigenvalue weighted by Crippen LogP contribution is -2.30. The van der Waals surface area contributed by atoms with Gasteiger partial charge in [0.2, 0.25) is 0 Å². The maximum atomic E-state index is 12.5. The number of hydrogen-bond donors (Lipinski definition) is 2. The molecule has 1 aromatic heterocycles. The fraction of sp³-hybridized carbons (Fsp3) is 0.136. The number of carbonyl (C=O) groups is 2. The lowest BCUT2D eigenvalue weighted by atomic mass is 10.1. The molecule has 3 rings (SSSR count). The average molecular weight is 375 g/mol. The molecule has 6 heteroatoms. The molecular weight excluding hydrogens is 354 g/mol. The Morgan fingerprint density at radius 2 is 1.46 bits per heavy atom. The second kappa shape index (κ2) is 8.81. The zero-order valence-corrected chi connectivity index (χ0v) is 15.7. The summed E-state index contributed by atoms with van der Waals surface area (Å²) in [7, 11) is 0. The SMILES string of the molecule is CC(C)NC(=O)c1cncc(C(=O)Nc2ccc(Oc3ccccc3)cc2)c1. The van der Waals surface area contributed by atoms with Crippen LogP contribution in [0.4, 0.5) is 5.69 Å². The first-order valence-electron chi connectivity index (χ1n) is 8.91. The molecule has 3 aromatic rings. The molecule has 0 saturated heterocycles. The number of amides is 2. The van der Waals surface area contributed by atoms with Crippen molar-refractivity contribution in [3.8, 4) is 11.5 Å². The van der Waals surface area contributed by atoms with Crippen molar-refractivity contribution in [1.29, 1.82) is 0 Å². The van der Waals surface area contributed by atoms with E-state index in [1.807, 2.05) is 44.2 Å². The topological polar surface area (TPSA) is 80.3 Å². The lowest BCUT2D eigenvalue weighted by Gasteiger charge is -2.10. The van der Waals surface area contributed by atoms with Gasteiger partial charge in [-0.25, -0.2) is 0 Å². The minimum atomic E-state index is -0.344. The molecule has 2 aromatic carbocycles. The van der Waals surface area contributed by atoms with Gasteiger partial charge in [-0.3, -0.25) is 14.6 Å². The summed E-state index contributed by atoms with van der Waals surface area (Å²) in [4.78, 5) is 28.5. The zero-order valence-electron chi connectivity index (χ0n) is 15.7. The maximum absolute atomic E-state index is 12.5. The second-order valence-electron chi connectivity index (χ2n) is 6.48. The highest BCUT2D eigenvalue weighted by atomic mass is 16.5. The molecule has 0 unspecified atom stereocenters. The number of rotatable bonds is 6. The monoisotopic (exact) mass is 375 g/mol. The van der Waals surface area contributed by atoms with Crippen LogP contribution in [0.5, 0.6) is 11.5 Å². The molecule has 0 spiro atoms. The third kappa shape index (κ3) is 5.17. The van der Waals surface area contributed by atoms with Crippen molar-refractivity contribution in [2.45, 2.75) is 19.9 Å². The predicted molar refractivity (Wildman–Crippen MR) is 108 cm³/mol. The quantitative estimate of drug-likeness (QED) is 0.674. The molecule has 2 amide bonds. The van der Waals surface area contributed by atoms with Crippen molar-refractivity contribution < 1.29 is 14.3 Å². The standard InChI is InChI=1S/C22H21N3O3/c1-15(2)24-21(26)16-12-17(14-23-13-16)22(27)25-18-8-10-20(11-9-18)28-19-6-4-3-5-7-19/h3-15H,1-2H3,(H,24,26)(H,25,27). The van der Waals surface area contributed by atoms with Crippen LogP contribution in [0.25, 0.3) is 0 Å². The lowest BCUT2D eigenvalue weighted by molar-refractivity contribution is 0.0942. The van der Waals surface area contributed by atoms with E-state index in [-0.39, 0.29) is 17.9 Å². The van der Waals surface area contributed by atoms with Crippen molar-refractivity contribution in [1.82, 2.24) is 10.3 Å². The molecule has 0 fully saturated rings. The summed E-state index contributed by atoms with van der Waals surface area (Å²) in [5.41, 5.74) is 1.26. The molecule has 0 aliphatic heterocycles. The highest BCUT2D eigenvalue weighted by Gasteiger charge is 2.12. The Morgan fingerprint density at radius 1 is 0.857 bits per heavy atom. The van der Waals surface area contributed by atoms with Gasteiger partial charge in [0, 0.05) is 24.1 Å². The Labute approximate surface area is 163 Å². The first-order chi connectivity index (χ1) is 13.5. The summed E-state index contributed by atoms with van der Waals surface area (Å²) in [5, 5.41) is 5.57. The largest absolute Gasteiger partial charge is 0.457 e. The van der Waals surface area contributed by atoms with Crippen LogP contribution < -0.4 is 15.4 Å². The number of ether oxygens (including phenoxy) is 1. The molecular formula is C22H21N3O3. The number of hydrogen-bond acceptors (Lipinski definition) is 4. The van der Waals surface area contributed by atoms with Crippen molar-refractivity contribution in [3.05, 3.63) is 84.2 Å². The van der Waals surface area contributed by atoms with E-state index in [0.29, 0.717) is 22.6 Å². The molecule has 0 bridgehead atoms. The molecule has 0 saturated carbocycles. The number of carbonyl (C=O) groups excluding carboxylic acids is 2. The highest BCUT2D eigenvalue weighted by molar-refractivity contribution is 6.05. The van der Waals surface area contributed by atoms with Crippen LogP contribution in [0.1, 0.15) is 34.6 Å². The number of benzene rings is 2. The Morgan fingerprint density at radius 3 is 2.11 bits per heavy atom. The molecule has 6 nitrogen and oxygen atoms in total. The highest BCUT2D eigenvalue weighted by Crippen LogP contribution is 2.22. The summed E-state index contributed by atoms with van der Waals surface area (Å²) in [6.07, 6.45) is 2.86. The van der Waals surface area contributed by atoms with Crippen molar-refractivity contribution >= 4 is 17.5 Å². The molecule has 28 heavy (non-hydrogen) atoms. The van der Waals surface area contributed by atoms with Crippen LogP contribution in [0.2, 0.25) is 0 Å². The minimum absolute atomic E-state index is 0.00148. The molecule has 0 radical (unpaired) electrons. The van der Waals surface area contributed by atoms with Gasteiger partial charge >= 0.3 is 0 Å². The summed E-state index contributed by atoms with van der Waals surface area (Å²) in [5.74, 6) is 0.794. The second-order valence-corrected chi connectivity index (χ2v) is 6.48. The van der Waals surface area contributed by atoms with Crippen LogP contribution in [0.15, 0.2) is 73.1 Å². The van der Waals surface area contributed by atoms with E-state index in [9.17, 15) is 9.59 Å². The Hall–Kier alpha value is -3.67. The number of anilines is 1. The number of nitrogens with zero attached hydrogens (tertiary/aromatic N) is 1. The van der Waals surface area contributed by atoms with E-state index in [1.165, 1.54) is 18.5 Å². The van der Waals surface area contributed by atoms with Gasteiger partial charge in [-0.2, -0.15) is 0 Å². The molecule has 2 N–H and O–H groups in total. The van der Waals surface area contributed by atoms with Gasteiger partial charge < -0.3 is 15.4 Å². The smallest absolute Gasteiger partial charge is 0.257 e. The fourth-order valence-electron chi connectivity index (χ4n) is 2.47. The van der Waals surface area contributed by atoms with Crippen LogP contribution in [-0.2, 0) is 0 Å². The Kier molecular flexibility index (Phi) is 6.01. The molecule has 0 aliphatic rings. The fourth-order valence-corrected chi connectivity index (χ4v) is 2.47. The van der Waals surface area contributed by atoms with Gasteiger partial charge in [-0.05, 0) is 56.3 Å². The van der Waals surface area contributed by atoms with Crippen molar-refractivity contribution in [2.24, 2.45) is 0 Å². The van der Waals surface area contributed by atoms with E-state index in [4.69, 9.17) is 4.74 Å². The van der Waals surface area contributed by atoms with Crippen molar-refractivity contribution in [3.63, 3.8) is 0 Å². The van der Waals surface area contributed by atoms with Gasteiger partial charge in [0.25, 0.3) is 11.8 Å². The van der Waals surface area contributed by atoms with Gasteiger partial charge in [0.05, 0.1) is 11.1 Å². The first kappa shape index (κ1) is 19.1. The molecule has 142 valence electrons. The van der Waals surface area contributed by atoms with E-state index in [2.05, 4.69) is 15.6 Å². The van der Waals surface area contributed by atoms with Gasteiger partial charge in [-0.15, -0.1) is 0 Å².